The molecule has 0 fully saturated rings. The number of carbonyl (C=O) groups excluding carboxylic acids is 2. The molecular weight excluding hydrogens is 340 g/mol. The molecule has 2 aromatic rings. The van der Waals surface area contributed by atoms with E-state index in [0.717, 1.165) is 16.9 Å². The molecule has 0 radical (unpaired) electrons. The van der Waals surface area contributed by atoms with E-state index >= 15 is 0 Å². The van der Waals surface area contributed by atoms with E-state index in [1.165, 1.54) is 5.38 Å². The van der Waals surface area contributed by atoms with Crippen LogP contribution in [0.1, 0.15) is 23.0 Å². The molecule has 3 rings (SSSR count). The van der Waals surface area contributed by atoms with Gasteiger partial charge in [-0.15, -0.1) is 11.3 Å². The van der Waals surface area contributed by atoms with Gasteiger partial charge in [-0.3, -0.25) is 10.1 Å². The van der Waals surface area contributed by atoms with Crippen molar-refractivity contribution in [2.45, 2.75) is 19.4 Å². The Kier molecular flexibility index (Phi) is 4.49. The summed E-state index contributed by atoms with van der Waals surface area (Å²) >= 11 is 7.09. The number of aromatic nitrogens is 1. The number of nitrogens with one attached hydrogen (secondary N) is 1. The van der Waals surface area contributed by atoms with Gasteiger partial charge in [0.05, 0.1) is 6.61 Å². The van der Waals surface area contributed by atoms with E-state index in [0.29, 0.717) is 22.3 Å². The van der Waals surface area contributed by atoms with Crippen molar-refractivity contribution in [3.8, 4) is 5.75 Å². The van der Waals surface area contributed by atoms with Gasteiger partial charge < -0.3 is 9.47 Å². The number of carbonyl (C=O) groups is 2. The first-order valence-electron chi connectivity index (χ1n) is 6.95. The number of fused-ring (bicyclic) bond motifs is 1. The number of esters is 1. The van der Waals surface area contributed by atoms with E-state index in [9.17, 15) is 9.59 Å². The molecule has 1 aromatic heterocycles. The topological polar surface area (TPSA) is 77.5 Å². The Morgan fingerprint density at radius 1 is 1.52 bits per heavy atom. The monoisotopic (exact) mass is 352 g/mol. The number of benzene rings is 1. The number of nitrogens with zero attached hydrogens (tertiary/aromatic N) is 1. The quantitative estimate of drug-likeness (QED) is 0.856. The highest BCUT2D eigenvalue weighted by atomic mass is 35.5. The zero-order chi connectivity index (χ0) is 16.4. The molecule has 2 heterocycles. The molecule has 23 heavy (non-hydrogen) atoms. The molecule has 6 nitrogen and oxygen atoms in total. The van der Waals surface area contributed by atoms with Gasteiger partial charge in [-0.25, -0.2) is 9.78 Å². The van der Waals surface area contributed by atoms with Gasteiger partial charge in [0.25, 0.3) is 5.91 Å². The molecule has 1 aliphatic heterocycles. The molecule has 0 bridgehead atoms. The summed E-state index contributed by atoms with van der Waals surface area (Å²) in [4.78, 5) is 27.8. The maximum Gasteiger partial charge on any atom is 0.357 e. The summed E-state index contributed by atoms with van der Waals surface area (Å²) in [7, 11) is 0. The molecule has 1 amide bonds. The van der Waals surface area contributed by atoms with Crippen molar-refractivity contribution in [1.82, 2.24) is 4.98 Å². The SMILES string of the molecule is CCOC(=O)c1csc(NC(=O)[C@H]2Cc3cc(Cl)ccc3O2)n1. The molecule has 1 N–H and O–H groups in total. The van der Waals surface area contributed by atoms with E-state index in [4.69, 9.17) is 21.1 Å². The number of rotatable bonds is 4. The molecule has 1 aliphatic rings. The van der Waals surface area contributed by atoms with Crippen LogP contribution in [0.25, 0.3) is 0 Å². The third-order valence-electron chi connectivity index (χ3n) is 3.21. The largest absolute Gasteiger partial charge is 0.480 e. The summed E-state index contributed by atoms with van der Waals surface area (Å²) in [6, 6.07) is 5.24. The summed E-state index contributed by atoms with van der Waals surface area (Å²) in [6.45, 7) is 1.99. The van der Waals surface area contributed by atoms with Crippen molar-refractivity contribution in [3.63, 3.8) is 0 Å². The standard InChI is InChI=1S/C15H13ClN2O4S/c1-2-21-14(20)10-7-23-15(17-10)18-13(19)12-6-8-5-9(16)3-4-11(8)22-12/h3-5,7,12H,2,6H2,1H3,(H,17,18,19)/t12-/m1/s1. The fourth-order valence-electron chi connectivity index (χ4n) is 2.18. The molecular formula is C15H13ClN2O4S. The van der Waals surface area contributed by atoms with Crippen molar-refractivity contribution in [1.29, 1.82) is 0 Å². The third-order valence-corrected chi connectivity index (χ3v) is 4.20. The minimum atomic E-state index is -0.640. The number of hydrogen-bond acceptors (Lipinski definition) is 6. The van der Waals surface area contributed by atoms with Gasteiger partial charge in [-0.2, -0.15) is 0 Å². The van der Waals surface area contributed by atoms with E-state index in [1.54, 1.807) is 25.1 Å². The number of halogens is 1. The van der Waals surface area contributed by atoms with Crippen molar-refractivity contribution in [3.05, 3.63) is 39.9 Å². The Morgan fingerprint density at radius 3 is 3.13 bits per heavy atom. The number of amides is 1. The van der Waals surface area contributed by atoms with E-state index < -0.39 is 12.1 Å². The van der Waals surface area contributed by atoms with Crippen LogP contribution in [0.3, 0.4) is 0 Å². The normalized spacial score (nSPS) is 15.7. The molecule has 0 saturated heterocycles. The molecule has 0 spiro atoms. The van der Waals surface area contributed by atoms with Crippen molar-refractivity contribution >= 4 is 39.9 Å². The van der Waals surface area contributed by atoms with Crippen LogP contribution < -0.4 is 10.1 Å². The van der Waals surface area contributed by atoms with Gasteiger partial charge >= 0.3 is 5.97 Å². The first-order valence-corrected chi connectivity index (χ1v) is 8.21. The summed E-state index contributed by atoms with van der Waals surface area (Å²) < 4.78 is 10.5. The van der Waals surface area contributed by atoms with Gasteiger partial charge in [-0.05, 0) is 30.7 Å². The minimum absolute atomic E-state index is 0.176. The fraction of sp³-hybridized carbons (Fsp3) is 0.267. The van der Waals surface area contributed by atoms with Gasteiger partial charge in [0.15, 0.2) is 16.9 Å². The van der Waals surface area contributed by atoms with E-state index in [1.807, 2.05) is 0 Å². The first kappa shape index (κ1) is 15.8. The molecule has 1 aromatic carbocycles. The summed E-state index contributed by atoms with van der Waals surface area (Å²) in [5.74, 6) is -0.175. The van der Waals surface area contributed by atoms with Crippen LogP contribution in [0, 0.1) is 0 Å². The number of hydrogen-bond donors (Lipinski definition) is 1. The average molecular weight is 353 g/mol. The van der Waals surface area contributed by atoms with Gasteiger partial charge in [0.2, 0.25) is 0 Å². The zero-order valence-electron chi connectivity index (χ0n) is 12.2. The first-order chi connectivity index (χ1) is 11.1. The Hall–Kier alpha value is -2.12. The molecule has 0 unspecified atom stereocenters. The van der Waals surface area contributed by atoms with Crippen LogP contribution in [0.2, 0.25) is 5.02 Å². The lowest BCUT2D eigenvalue weighted by Gasteiger charge is -2.09. The van der Waals surface area contributed by atoms with E-state index in [2.05, 4.69) is 10.3 Å². The fourth-order valence-corrected chi connectivity index (χ4v) is 3.06. The summed E-state index contributed by atoms with van der Waals surface area (Å²) in [6.07, 6.45) is -0.198. The van der Waals surface area contributed by atoms with Crippen LogP contribution in [0.4, 0.5) is 5.13 Å². The molecule has 0 saturated carbocycles. The maximum absolute atomic E-state index is 12.3. The lowest BCUT2D eigenvalue weighted by molar-refractivity contribution is -0.122. The molecule has 1 atom stereocenters. The predicted octanol–water partition coefficient (Wildman–Crippen LogP) is 2.92. The Bertz CT molecular complexity index is 762. The van der Waals surface area contributed by atoms with Crippen molar-refractivity contribution < 1.29 is 19.1 Å². The van der Waals surface area contributed by atoms with Crippen molar-refractivity contribution in [2.75, 3.05) is 11.9 Å². The second kappa shape index (κ2) is 6.55. The zero-order valence-corrected chi connectivity index (χ0v) is 13.7. The van der Waals surface area contributed by atoms with Gasteiger partial charge in [0.1, 0.15) is 5.75 Å². The highest BCUT2D eigenvalue weighted by Crippen LogP contribution is 2.31. The second-order valence-electron chi connectivity index (χ2n) is 4.81. The van der Waals surface area contributed by atoms with Gasteiger partial charge in [-0.1, -0.05) is 11.6 Å². The number of ether oxygens (including phenoxy) is 2. The average Bonchev–Trinajstić information content (AvgIpc) is 3.13. The maximum atomic E-state index is 12.3. The molecule has 120 valence electrons. The van der Waals surface area contributed by atoms with E-state index in [-0.39, 0.29) is 18.2 Å². The third kappa shape index (κ3) is 3.46. The summed E-state index contributed by atoms with van der Waals surface area (Å²) in [5, 5.41) is 5.13. The molecule has 0 aliphatic carbocycles. The van der Waals surface area contributed by atoms with Crippen LogP contribution >= 0.6 is 22.9 Å². The predicted molar refractivity (Wildman–Crippen MR) is 86.3 cm³/mol. The van der Waals surface area contributed by atoms with Crippen molar-refractivity contribution in [2.24, 2.45) is 0 Å². The summed E-state index contributed by atoms with van der Waals surface area (Å²) in [5.41, 5.74) is 1.07. The van der Waals surface area contributed by atoms with Crippen LogP contribution in [0.15, 0.2) is 23.6 Å². The smallest absolute Gasteiger partial charge is 0.357 e. The molecule has 8 heteroatoms. The minimum Gasteiger partial charge on any atom is -0.480 e. The lowest BCUT2D eigenvalue weighted by atomic mass is 10.1. The Labute approximate surface area is 141 Å². The second-order valence-corrected chi connectivity index (χ2v) is 6.10. The van der Waals surface area contributed by atoms with Crippen LogP contribution in [0.5, 0.6) is 5.75 Å². The van der Waals surface area contributed by atoms with Crippen LogP contribution in [-0.2, 0) is 16.0 Å². The van der Waals surface area contributed by atoms with Gasteiger partial charge in [0, 0.05) is 16.8 Å². The van der Waals surface area contributed by atoms with Crippen LogP contribution in [-0.4, -0.2) is 29.6 Å². The lowest BCUT2D eigenvalue weighted by Crippen LogP contribution is -2.31. The highest BCUT2D eigenvalue weighted by Gasteiger charge is 2.30. The highest BCUT2D eigenvalue weighted by molar-refractivity contribution is 7.14. The Balaban J connectivity index is 1.63. The number of thiazole rings is 1. The number of anilines is 1. The Morgan fingerprint density at radius 2 is 2.35 bits per heavy atom.